The molecule has 1 aromatic rings. The van der Waals surface area contributed by atoms with Crippen LogP contribution in [0.1, 0.15) is 37.9 Å². The highest BCUT2D eigenvalue weighted by molar-refractivity contribution is 5.76. The van der Waals surface area contributed by atoms with E-state index in [0.29, 0.717) is 18.9 Å². The minimum absolute atomic E-state index is 0.0822. The second-order valence-electron chi connectivity index (χ2n) is 7.13. The monoisotopic (exact) mass is 333 g/mol. The van der Waals surface area contributed by atoms with Crippen molar-refractivity contribution >= 4 is 5.91 Å². The molecular weight excluding hydrogens is 302 g/mol. The predicted molar refractivity (Wildman–Crippen MR) is 96.5 cm³/mol. The van der Waals surface area contributed by atoms with Gasteiger partial charge in [-0.1, -0.05) is 30.3 Å². The van der Waals surface area contributed by atoms with E-state index in [9.17, 15) is 9.90 Å². The molecule has 1 aromatic carbocycles. The van der Waals surface area contributed by atoms with Gasteiger partial charge in [-0.05, 0) is 44.3 Å². The number of piperidine rings is 1. The van der Waals surface area contributed by atoms with Crippen molar-refractivity contribution in [3.63, 3.8) is 0 Å². The molecule has 0 aliphatic carbocycles. The van der Waals surface area contributed by atoms with Crippen molar-refractivity contribution in [3.8, 4) is 0 Å². The number of rotatable bonds is 7. The first-order valence-corrected chi connectivity index (χ1v) is 8.90. The molecule has 134 valence electrons. The maximum absolute atomic E-state index is 12.0. The van der Waals surface area contributed by atoms with Crippen LogP contribution in [0.25, 0.3) is 0 Å². The van der Waals surface area contributed by atoms with Crippen LogP contribution in [-0.2, 0) is 4.79 Å². The van der Waals surface area contributed by atoms with Crippen molar-refractivity contribution in [1.29, 1.82) is 0 Å². The lowest BCUT2D eigenvalue weighted by atomic mass is 9.95. The normalized spacial score (nSPS) is 19.0. The van der Waals surface area contributed by atoms with Gasteiger partial charge in [0, 0.05) is 32.6 Å². The van der Waals surface area contributed by atoms with Gasteiger partial charge in [-0.15, -0.1) is 0 Å². The van der Waals surface area contributed by atoms with Crippen LogP contribution in [0.2, 0.25) is 0 Å². The summed E-state index contributed by atoms with van der Waals surface area (Å²) in [5.41, 5.74) is 6.67. The fraction of sp³-hybridized carbons (Fsp3) is 0.632. The zero-order chi connectivity index (χ0) is 17.5. The van der Waals surface area contributed by atoms with Gasteiger partial charge >= 0.3 is 0 Å². The molecular formula is C19H31N3O2. The van der Waals surface area contributed by atoms with Crippen molar-refractivity contribution in [2.75, 3.05) is 33.2 Å². The number of likely N-dealkylation sites (tertiary alicyclic amines) is 1. The number of aliphatic hydroxyl groups excluding tert-OH is 1. The topological polar surface area (TPSA) is 69.8 Å². The standard InChI is InChI=1S/C19H31N3O2/c1-15(20)12-19(24)21(2)13-16-8-10-22(11-9-16)14-18(23)17-6-4-3-5-7-17/h3-7,15-16,18,23H,8-14,20H2,1-2H3. The summed E-state index contributed by atoms with van der Waals surface area (Å²) in [4.78, 5) is 16.1. The first kappa shape index (κ1) is 18.9. The van der Waals surface area contributed by atoms with Gasteiger partial charge in [0.25, 0.3) is 0 Å². The maximum Gasteiger partial charge on any atom is 0.223 e. The number of carbonyl (C=O) groups excluding carboxylic acids is 1. The van der Waals surface area contributed by atoms with Crippen molar-refractivity contribution in [2.24, 2.45) is 11.7 Å². The van der Waals surface area contributed by atoms with Gasteiger partial charge in [-0.25, -0.2) is 0 Å². The summed E-state index contributed by atoms with van der Waals surface area (Å²) in [6.45, 7) is 5.30. The molecule has 0 saturated carbocycles. The molecule has 1 aliphatic heterocycles. The number of benzene rings is 1. The van der Waals surface area contributed by atoms with Crippen LogP contribution < -0.4 is 5.73 Å². The third-order valence-electron chi connectivity index (χ3n) is 4.78. The summed E-state index contributed by atoms with van der Waals surface area (Å²) in [5.74, 6) is 0.670. The number of aliphatic hydroxyl groups is 1. The zero-order valence-electron chi connectivity index (χ0n) is 14.9. The van der Waals surface area contributed by atoms with Crippen LogP contribution in [0.4, 0.5) is 0 Å². The van der Waals surface area contributed by atoms with Gasteiger partial charge in [0.1, 0.15) is 0 Å². The summed E-state index contributed by atoms with van der Waals surface area (Å²) in [6, 6.07) is 9.73. The van der Waals surface area contributed by atoms with E-state index in [0.717, 1.165) is 38.0 Å². The Balaban J connectivity index is 1.72. The number of nitrogens with two attached hydrogens (primary N) is 1. The van der Waals surface area contributed by atoms with Crippen molar-refractivity contribution in [1.82, 2.24) is 9.80 Å². The highest BCUT2D eigenvalue weighted by Gasteiger charge is 2.23. The smallest absolute Gasteiger partial charge is 0.223 e. The van der Waals surface area contributed by atoms with Crippen LogP contribution >= 0.6 is 0 Å². The molecule has 0 radical (unpaired) electrons. The quantitative estimate of drug-likeness (QED) is 0.796. The van der Waals surface area contributed by atoms with Crippen molar-refractivity contribution in [3.05, 3.63) is 35.9 Å². The minimum Gasteiger partial charge on any atom is -0.387 e. The molecule has 1 saturated heterocycles. The van der Waals surface area contributed by atoms with Crippen LogP contribution in [0.15, 0.2) is 30.3 Å². The number of hydrogen-bond acceptors (Lipinski definition) is 4. The molecule has 2 rings (SSSR count). The molecule has 0 bridgehead atoms. The van der Waals surface area contributed by atoms with Gasteiger partial charge in [-0.2, -0.15) is 0 Å². The molecule has 3 N–H and O–H groups in total. The highest BCUT2D eigenvalue weighted by atomic mass is 16.3. The first-order chi connectivity index (χ1) is 11.5. The largest absolute Gasteiger partial charge is 0.387 e. The van der Waals surface area contributed by atoms with E-state index >= 15 is 0 Å². The molecule has 2 atom stereocenters. The summed E-state index contributed by atoms with van der Waals surface area (Å²) < 4.78 is 0. The Labute approximate surface area is 145 Å². The van der Waals surface area contributed by atoms with Gasteiger partial charge in [0.2, 0.25) is 5.91 Å². The lowest BCUT2D eigenvalue weighted by Crippen LogP contribution is -2.41. The number of carbonyl (C=O) groups is 1. The molecule has 24 heavy (non-hydrogen) atoms. The number of nitrogens with zero attached hydrogens (tertiary/aromatic N) is 2. The van der Waals surface area contributed by atoms with Crippen LogP contribution in [0.3, 0.4) is 0 Å². The molecule has 1 aliphatic rings. The Morgan fingerprint density at radius 1 is 1.33 bits per heavy atom. The first-order valence-electron chi connectivity index (χ1n) is 8.90. The summed E-state index contributed by atoms with van der Waals surface area (Å²) in [5, 5.41) is 10.3. The molecule has 5 heteroatoms. The van der Waals surface area contributed by atoms with Gasteiger partial charge in [0.15, 0.2) is 0 Å². The lowest BCUT2D eigenvalue weighted by molar-refractivity contribution is -0.130. The van der Waals surface area contributed by atoms with Crippen molar-refractivity contribution < 1.29 is 9.90 Å². The van der Waals surface area contributed by atoms with E-state index in [4.69, 9.17) is 5.73 Å². The Morgan fingerprint density at radius 2 is 1.96 bits per heavy atom. The maximum atomic E-state index is 12.0. The van der Waals surface area contributed by atoms with E-state index in [2.05, 4.69) is 4.90 Å². The van der Waals surface area contributed by atoms with Gasteiger partial charge < -0.3 is 20.6 Å². The molecule has 0 aromatic heterocycles. The second-order valence-corrected chi connectivity index (χ2v) is 7.13. The van der Waals surface area contributed by atoms with Gasteiger partial charge in [-0.3, -0.25) is 4.79 Å². The van der Waals surface area contributed by atoms with Gasteiger partial charge in [0.05, 0.1) is 6.10 Å². The molecule has 1 amide bonds. The zero-order valence-corrected chi connectivity index (χ0v) is 14.9. The summed E-state index contributed by atoms with van der Waals surface area (Å²) >= 11 is 0. The van der Waals surface area contributed by atoms with E-state index in [1.807, 2.05) is 49.2 Å². The molecule has 1 fully saturated rings. The average Bonchev–Trinajstić information content (AvgIpc) is 2.56. The molecule has 2 unspecified atom stereocenters. The molecule has 5 nitrogen and oxygen atoms in total. The minimum atomic E-state index is -0.432. The second kappa shape index (κ2) is 9.16. The number of β-amino-alcohol motifs (C(OH)–C–C–N with tert-alkyl or cyclic N) is 1. The fourth-order valence-corrected chi connectivity index (χ4v) is 3.30. The Morgan fingerprint density at radius 3 is 2.54 bits per heavy atom. The summed E-state index contributed by atoms with van der Waals surface area (Å²) in [6.07, 6.45) is 2.12. The number of hydrogen-bond donors (Lipinski definition) is 2. The summed E-state index contributed by atoms with van der Waals surface area (Å²) in [7, 11) is 1.87. The Bertz CT molecular complexity index is 499. The van der Waals surface area contributed by atoms with Crippen LogP contribution in [-0.4, -0.2) is 60.1 Å². The third kappa shape index (κ3) is 5.89. The fourth-order valence-electron chi connectivity index (χ4n) is 3.30. The Hall–Kier alpha value is -1.43. The lowest BCUT2D eigenvalue weighted by Gasteiger charge is -2.35. The van der Waals surface area contributed by atoms with E-state index < -0.39 is 6.10 Å². The van der Waals surface area contributed by atoms with E-state index in [1.54, 1.807) is 0 Å². The van der Waals surface area contributed by atoms with Crippen LogP contribution in [0, 0.1) is 5.92 Å². The molecule has 0 spiro atoms. The van der Waals surface area contributed by atoms with E-state index in [-0.39, 0.29) is 11.9 Å². The predicted octanol–water partition coefficient (Wildman–Crippen LogP) is 1.63. The molecule has 1 heterocycles. The third-order valence-corrected chi connectivity index (χ3v) is 4.78. The van der Waals surface area contributed by atoms with Crippen molar-refractivity contribution in [2.45, 2.75) is 38.3 Å². The van der Waals surface area contributed by atoms with Crippen LogP contribution in [0.5, 0.6) is 0 Å². The SMILES string of the molecule is CC(N)CC(=O)N(C)CC1CCN(CC(O)c2ccccc2)CC1. The Kier molecular flexibility index (Phi) is 7.21. The van der Waals surface area contributed by atoms with E-state index in [1.165, 1.54) is 0 Å². The number of amides is 1. The average molecular weight is 333 g/mol. The highest BCUT2D eigenvalue weighted by Crippen LogP contribution is 2.21.